The molecule has 1 amide bonds. The minimum atomic E-state index is -0.169. The van der Waals surface area contributed by atoms with E-state index in [-0.39, 0.29) is 29.7 Å². The van der Waals surface area contributed by atoms with E-state index >= 15 is 0 Å². The van der Waals surface area contributed by atoms with Gasteiger partial charge in [0.05, 0.1) is 12.1 Å². The van der Waals surface area contributed by atoms with Gasteiger partial charge in [-0.1, -0.05) is 13.8 Å². The summed E-state index contributed by atoms with van der Waals surface area (Å²) in [6, 6.07) is 0.223. The molecule has 2 atom stereocenters. The standard InChI is InChI=1S/C16H28N2O2/c1-11(2)15(19)13-7-5-10-18(13)16(20)14-8-6-9-17(14)12(3)4/h11-14H,5-10H2,1-4H3/t13-,14-/m1/s1. The number of Topliss-reactive ketones (excluding diaryl/α,β-unsaturated/α-hetero) is 1. The van der Waals surface area contributed by atoms with Crippen molar-refractivity contribution < 1.29 is 9.59 Å². The number of nitrogens with zero attached hydrogens (tertiary/aromatic N) is 2. The monoisotopic (exact) mass is 280 g/mol. The predicted molar refractivity (Wildman–Crippen MR) is 79.4 cm³/mol. The zero-order chi connectivity index (χ0) is 14.9. The van der Waals surface area contributed by atoms with Crippen LogP contribution < -0.4 is 0 Å². The van der Waals surface area contributed by atoms with E-state index < -0.39 is 0 Å². The van der Waals surface area contributed by atoms with E-state index in [1.165, 1.54) is 0 Å². The molecule has 2 aliphatic rings. The van der Waals surface area contributed by atoms with E-state index in [0.717, 1.165) is 38.8 Å². The molecule has 0 aromatic heterocycles. The molecule has 2 rings (SSSR count). The minimum Gasteiger partial charge on any atom is -0.331 e. The molecule has 2 heterocycles. The Hall–Kier alpha value is -0.900. The Morgan fingerprint density at radius 2 is 1.55 bits per heavy atom. The second-order valence-corrected chi connectivity index (χ2v) is 6.74. The van der Waals surface area contributed by atoms with Gasteiger partial charge in [-0.15, -0.1) is 0 Å². The molecule has 0 radical (unpaired) electrons. The van der Waals surface area contributed by atoms with Crippen LogP contribution >= 0.6 is 0 Å². The van der Waals surface area contributed by atoms with Gasteiger partial charge in [0, 0.05) is 18.5 Å². The van der Waals surface area contributed by atoms with Gasteiger partial charge >= 0.3 is 0 Å². The van der Waals surface area contributed by atoms with Gasteiger partial charge in [0.2, 0.25) is 5.91 Å². The molecule has 20 heavy (non-hydrogen) atoms. The Labute approximate surface area is 122 Å². The molecule has 0 spiro atoms. The van der Waals surface area contributed by atoms with Crippen molar-refractivity contribution >= 4 is 11.7 Å². The molecular weight excluding hydrogens is 252 g/mol. The van der Waals surface area contributed by atoms with Crippen molar-refractivity contribution in [3.05, 3.63) is 0 Å². The lowest BCUT2D eigenvalue weighted by molar-refractivity contribution is -0.142. The maximum Gasteiger partial charge on any atom is 0.240 e. The first-order valence-electron chi connectivity index (χ1n) is 8.03. The topological polar surface area (TPSA) is 40.6 Å². The van der Waals surface area contributed by atoms with Crippen LogP contribution in [0.4, 0.5) is 0 Å². The van der Waals surface area contributed by atoms with Crippen LogP contribution in [0.3, 0.4) is 0 Å². The zero-order valence-corrected chi connectivity index (χ0v) is 13.3. The Morgan fingerprint density at radius 1 is 0.950 bits per heavy atom. The van der Waals surface area contributed by atoms with Crippen molar-refractivity contribution in [1.82, 2.24) is 9.80 Å². The van der Waals surface area contributed by atoms with Crippen LogP contribution in [0.15, 0.2) is 0 Å². The summed E-state index contributed by atoms with van der Waals surface area (Å²) in [5, 5.41) is 0. The van der Waals surface area contributed by atoms with Gasteiger partial charge in [-0.3, -0.25) is 14.5 Å². The smallest absolute Gasteiger partial charge is 0.240 e. The third-order valence-electron chi connectivity index (χ3n) is 4.68. The van der Waals surface area contributed by atoms with Crippen LogP contribution in [0, 0.1) is 5.92 Å². The molecule has 0 unspecified atom stereocenters. The number of rotatable bonds is 4. The van der Waals surface area contributed by atoms with E-state index in [0.29, 0.717) is 6.04 Å². The van der Waals surface area contributed by atoms with Gasteiger partial charge in [-0.25, -0.2) is 0 Å². The number of carbonyl (C=O) groups excluding carboxylic acids is 2. The average Bonchev–Trinajstić information content (AvgIpc) is 3.05. The number of amides is 1. The number of likely N-dealkylation sites (tertiary alicyclic amines) is 2. The van der Waals surface area contributed by atoms with Crippen molar-refractivity contribution in [2.75, 3.05) is 13.1 Å². The first-order valence-corrected chi connectivity index (χ1v) is 8.03. The second kappa shape index (κ2) is 6.25. The van der Waals surface area contributed by atoms with E-state index in [2.05, 4.69) is 18.7 Å². The van der Waals surface area contributed by atoms with Crippen molar-refractivity contribution in [3.8, 4) is 0 Å². The molecule has 0 aromatic rings. The van der Waals surface area contributed by atoms with Gasteiger partial charge in [-0.2, -0.15) is 0 Å². The fraction of sp³-hybridized carbons (Fsp3) is 0.875. The molecule has 4 heteroatoms. The number of hydrogen-bond acceptors (Lipinski definition) is 3. The van der Waals surface area contributed by atoms with E-state index in [1.807, 2.05) is 18.7 Å². The van der Waals surface area contributed by atoms with Crippen LogP contribution in [0.25, 0.3) is 0 Å². The number of carbonyl (C=O) groups is 2. The molecule has 2 fully saturated rings. The molecule has 2 aliphatic heterocycles. The van der Waals surface area contributed by atoms with Gasteiger partial charge in [0.15, 0.2) is 5.78 Å². The highest BCUT2D eigenvalue weighted by Crippen LogP contribution is 2.27. The fourth-order valence-electron chi connectivity index (χ4n) is 3.57. The van der Waals surface area contributed by atoms with Crippen molar-refractivity contribution in [2.45, 2.75) is 71.5 Å². The summed E-state index contributed by atoms with van der Waals surface area (Å²) in [6.45, 7) is 9.91. The lowest BCUT2D eigenvalue weighted by atomic mass is 9.99. The van der Waals surface area contributed by atoms with Crippen LogP contribution in [-0.4, -0.2) is 52.7 Å². The second-order valence-electron chi connectivity index (χ2n) is 6.74. The highest BCUT2D eigenvalue weighted by molar-refractivity contribution is 5.92. The first kappa shape index (κ1) is 15.5. The summed E-state index contributed by atoms with van der Waals surface area (Å²) in [4.78, 5) is 29.3. The highest BCUT2D eigenvalue weighted by atomic mass is 16.2. The molecule has 0 bridgehead atoms. The fourth-order valence-corrected chi connectivity index (χ4v) is 3.57. The Kier molecular flexibility index (Phi) is 4.84. The Balaban J connectivity index is 2.09. The minimum absolute atomic E-state index is 0.00411. The van der Waals surface area contributed by atoms with Crippen molar-refractivity contribution in [3.63, 3.8) is 0 Å². The van der Waals surface area contributed by atoms with E-state index in [4.69, 9.17) is 0 Å². The predicted octanol–water partition coefficient (Wildman–Crippen LogP) is 2.08. The van der Waals surface area contributed by atoms with Crippen LogP contribution in [0.5, 0.6) is 0 Å². The quantitative estimate of drug-likeness (QED) is 0.791. The van der Waals surface area contributed by atoms with Gasteiger partial charge in [-0.05, 0) is 46.1 Å². The summed E-state index contributed by atoms with van der Waals surface area (Å²) in [7, 11) is 0. The average molecular weight is 280 g/mol. The molecule has 0 aromatic carbocycles. The lowest BCUT2D eigenvalue weighted by Crippen LogP contribution is -2.51. The molecule has 2 saturated heterocycles. The summed E-state index contributed by atoms with van der Waals surface area (Å²) in [5.41, 5.74) is 0. The van der Waals surface area contributed by atoms with E-state index in [1.54, 1.807) is 0 Å². The molecule has 0 N–H and O–H groups in total. The van der Waals surface area contributed by atoms with Crippen molar-refractivity contribution in [2.24, 2.45) is 5.92 Å². The third-order valence-corrected chi connectivity index (χ3v) is 4.68. The normalized spacial score (nSPS) is 27.8. The molecule has 0 aliphatic carbocycles. The summed E-state index contributed by atoms with van der Waals surface area (Å²) in [5.74, 6) is 0.427. The summed E-state index contributed by atoms with van der Waals surface area (Å²) < 4.78 is 0. The Morgan fingerprint density at radius 3 is 2.15 bits per heavy atom. The highest BCUT2D eigenvalue weighted by Gasteiger charge is 2.41. The Bertz CT molecular complexity index is 379. The van der Waals surface area contributed by atoms with Crippen LogP contribution in [-0.2, 0) is 9.59 Å². The van der Waals surface area contributed by atoms with Crippen LogP contribution in [0.2, 0.25) is 0 Å². The third kappa shape index (κ3) is 2.90. The summed E-state index contributed by atoms with van der Waals surface area (Å²) in [6.07, 6.45) is 3.84. The van der Waals surface area contributed by atoms with Crippen LogP contribution in [0.1, 0.15) is 53.4 Å². The SMILES string of the molecule is CC(C)C(=O)[C@H]1CCCN1C(=O)[C@H]1CCCN1C(C)C. The maximum absolute atomic E-state index is 12.8. The summed E-state index contributed by atoms with van der Waals surface area (Å²) >= 11 is 0. The van der Waals surface area contributed by atoms with Crippen molar-refractivity contribution in [1.29, 1.82) is 0 Å². The lowest BCUT2D eigenvalue weighted by Gasteiger charge is -2.33. The molecule has 114 valence electrons. The van der Waals surface area contributed by atoms with E-state index in [9.17, 15) is 9.59 Å². The molecule has 4 nitrogen and oxygen atoms in total. The number of ketones is 1. The van der Waals surface area contributed by atoms with Gasteiger partial charge < -0.3 is 4.90 Å². The first-order chi connectivity index (χ1) is 9.43. The number of hydrogen-bond donors (Lipinski definition) is 0. The molecular formula is C16H28N2O2. The van der Waals surface area contributed by atoms with Gasteiger partial charge in [0.1, 0.15) is 0 Å². The van der Waals surface area contributed by atoms with Gasteiger partial charge in [0.25, 0.3) is 0 Å². The maximum atomic E-state index is 12.8. The zero-order valence-electron chi connectivity index (χ0n) is 13.3. The molecule has 0 saturated carbocycles. The largest absolute Gasteiger partial charge is 0.331 e.